The second-order valence-electron chi connectivity index (χ2n) is 4.77. The van der Waals surface area contributed by atoms with Crippen molar-refractivity contribution in [2.75, 3.05) is 11.9 Å². The zero-order valence-corrected chi connectivity index (χ0v) is 12.4. The van der Waals surface area contributed by atoms with Gasteiger partial charge in [-0.15, -0.1) is 0 Å². The predicted molar refractivity (Wildman–Crippen MR) is 82.9 cm³/mol. The van der Waals surface area contributed by atoms with Gasteiger partial charge in [-0.05, 0) is 42.3 Å². The number of nitrogens with one attached hydrogen (secondary N) is 2. The van der Waals surface area contributed by atoms with E-state index in [0.717, 1.165) is 16.8 Å². The van der Waals surface area contributed by atoms with Crippen molar-refractivity contribution in [3.63, 3.8) is 0 Å². The first-order chi connectivity index (χ1) is 10.0. The van der Waals surface area contributed by atoms with Crippen LogP contribution < -0.4 is 10.6 Å². The van der Waals surface area contributed by atoms with Gasteiger partial charge in [0.25, 0.3) is 0 Å². The van der Waals surface area contributed by atoms with Crippen molar-refractivity contribution in [3.8, 4) is 0 Å². The number of carbonyl (C=O) groups is 1. The van der Waals surface area contributed by atoms with Crippen LogP contribution in [-0.2, 0) is 11.3 Å². The van der Waals surface area contributed by atoms with Crippen LogP contribution in [-0.4, -0.2) is 12.5 Å². The third-order valence-corrected chi connectivity index (χ3v) is 3.19. The minimum absolute atomic E-state index is 0.0820. The highest BCUT2D eigenvalue weighted by Crippen LogP contribution is 2.15. The third kappa shape index (κ3) is 4.85. The van der Waals surface area contributed by atoms with E-state index in [9.17, 15) is 9.18 Å². The Balaban J connectivity index is 1.80. The van der Waals surface area contributed by atoms with Gasteiger partial charge in [0, 0.05) is 12.2 Å². The van der Waals surface area contributed by atoms with Gasteiger partial charge < -0.3 is 10.6 Å². The summed E-state index contributed by atoms with van der Waals surface area (Å²) in [4.78, 5) is 11.8. The summed E-state index contributed by atoms with van der Waals surface area (Å²) in [5.74, 6) is -0.577. The topological polar surface area (TPSA) is 41.1 Å². The van der Waals surface area contributed by atoms with Crippen molar-refractivity contribution in [1.82, 2.24) is 5.32 Å². The molecule has 110 valence electrons. The molecule has 0 atom stereocenters. The maximum Gasteiger partial charge on any atom is 0.238 e. The molecule has 2 N–H and O–H groups in total. The lowest BCUT2D eigenvalue weighted by atomic mass is 10.2. The lowest BCUT2D eigenvalue weighted by Gasteiger charge is -2.08. The first-order valence-corrected chi connectivity index (χ1v) is 6.93. The molecule has 5 heteroatoms. The van der Waals surface area contributed by atoms with E-state index in [1.165, 1.54) is 6.07 Å². The van der Waals surface area contributed by atoms with Crippen LogP contribution in [0.4, 0.5) is 10.1 Å². The summed E-state index contributed by atoms with van der Waals surface area (Å²) in [5.41, 5.74) is 2.68. The molecule has 0 aliphatic carbocycles. The summed E-state index contributed by atoms with van der Waals surface area (Å²) >= 11 is 5.70. The van der Waals surface area contributed by atoms with Crippen LogP contribution in [0.1, 0.15) is 11.1 Å². The lowest BCUT2D eigenvalue weighted by molar-refractivity contribution is -0.115. The number of anilines is 1. The van der Waals surface area contributed by atoms with Gasteiger partial charge >= 0.3 is 0 Å². The molecule has 2 rings (SSSR count). The summed E-state index contributed by atoms with van der Waals surface area (Å²) in [6.07, 6.45) is 0. The molecule has 0 bridgehead atoms. The molecule has 0 fully saturated rings. The first kappa shape index (κ1) is 15.5. The average molecular weight is 307 g/mol. The number of carbonyl (C=O) groups excluding carboxylic acids is 1. The third-order valence-electron chi connectivity index (χ3n) is 2.90. The molecule has 2 aromatic rings. The number of rotatable bonds is 5. The Bertz CT molecular complexity index is 646. The van der Waals surface area contributed by atoms with Crippen molar-refractivity contribution < 1.29 is 9.18 Å². The largest absolute Gasteiger partial charge is 0.325 e. The molecule has 0 saturated carbocycles. The Labute approximate surface area is 128 Å². The molecular formula is C16H16ClFN2O. The van der Waals surface area contributed by atoms with Gasteiger partial charge in [0.05, 0.1) is 11.6 Å². The van der Waals surface area contributed by atoms with Crippen molar-refractivity contribution in [2.45, 2.75) is 13.5 Å². The van der Waals surface area contributed by atoms with Crippen LogP contribution in [0.2, 0.25) is 5.02 Å². The molecule has 2 aromatic carbocycles. The molecule has 1 amide bonds. The van der Waals surface area contributed by atoms with Gasteiger partial charge in [-0.2, -0.15) is 0 Å². The molecule has 0 unspecified atom stereocenters. The highest BCUT2D eigenvalue weighted by molar-refractivity contribution is 6.30. The van der Waals surface area contributed by atoms with Crippen LogP contribution in [0.3, 0.4) is 0 Å². The molecule has 0 spiro atoms. The molecule has 0 aliphatic heterocycles. The van der Waals surface area contributed by atoms with E-state index in [1.807, 2.05) is 31.2 Å². The van der Waals surface area contributed by atoms with E-state index in [1.54, 1.807) is 12.1 Å². The summed E-state index contributed by atoms with van der Waals surface area (Å²) < 4.78 is 13.0. The van der Waals surface area contributed by atoms with E-state index in [4.69, 9.17) is 11.6 Å². The number of hydrogen-bond acceptors (Lipinski definition) is 2. The van der Waals surface area contributed by atoms with Gasteiger partial charge in [-0.1, -0.05) is 29.8 Å². The Morgan fingerprint density at radius 3 is 2.76 bits per heavy atom. The normalized spacial score (nSPS) is 10.4. The summed E-state index contributed by atoms with van der Waals surface area (Å²) in [6.45, 7) is 2.58. The van der Waals surface area contributed by atoms with Crippen molar-refractivity contribution in [1.29, 1.82) is 0 Å². The fraction of sp³-hybridized carbons (Fsp3) is 0.188. The second-order valence-corrected chi connectivity index (χ2v) is 5.18. The predicted octanol–water partition coefficient (Wildman–Crippen LogP) is 3.52. The Hall–Kier alpha value is -1.91. The summed E-state index contributed by atoms with van der Waals surface area (Å²) in [5, 5.41) is 5.87. The smallest absolute Gasteiger partial charge is 0.238 e. The summed E-state index contributed by atoms with van der Waals surface area (Å²) in [6, 6.07) is 12.1. The highest BCUT2D eigenvalue weighted by atomic mass is 35.5. The minimum atomic E-state index is -0.447. The van der Waals surface area contributed by atoms with Gasteiger partial charge in [0.2, 0.25) is 5.91 Å². The quantitative estimate of drug-likeness (QED) is 0.887. The fourth-order valence-electron chi connectivity index (χ4n) is 1.90. The number of halogens is 2. The zero-order valence-electron chi connectivity index (χ0n) is 11.6. The van der Waals surface area contributed by atoms with Crippen molar-refractivity contribution >= 4 is 23.2 Å². The number of hydrogen-bond donors (Lipinski definition) is 2. The average Bonchev–Trinajstić information content (AvgIpc) is 2.43. The van der Waals surface area contributed by atoms with Crippen LogP contribution >= 0.6 is 11.6 Å². The van der Waals surface area contributed by atoms with E-state index in [0.29, 0.717) is 6.54 Å². The Kier molecular flexibility index (Phi) is 5.31. The Morgan fingerprint density at radius 2 is 2.05 bits per heavy atom. The van der Waals surface area contributed by atoms with Gasteiger partial charge in [0.1, 0.15) is 5.82 Å². The van der Waals surface area contributed by atoms with Crippen LogP contribution in [0.15, 0.2) is 42.5 Å². The molecule has 0 radical (unpaired) electrons. The van der Waals surface area contributed by atoms with Crippen LogP contribution in [0.5, 0.6) is 0 Å². The molecule has 0 saturated heterocycles. The highest BCUT2D eigenvalue weighted by Gasteiger charge is 2.04. The standard InChI is InChI=1S/C16H16ClFN2O/c1-11-3-2-4-13(7-11)20-16(21)10-19-9-12-5-6-15(18)14(17)8-12/h2-8,19H,9-10H2,1H3,(H,20,21). The minimum Gasteiger partial charge on any atom is -0.325 e. The van der Waals surface area contributed by atoms with Crippen molar-refractivity contribution in [3.05, 3.63) is 64.4 Å². The van der Waals surface area contributed by atoms with Gasteiger partial charge in [-0.3, -0.25) is 4.79 Å². The SMILES string of the molecule is Cc1cccc(NC(=O)CNCc2ccc(F)c(Cl)c2)c1. The number of amides is 1. The molecule has 0 aliphatic rings. The Morgan fingerprint density at radius 1 is 1.24 bits per heavy atom. The van der Waals surface area contributed by atoms with Gasteiger partial charge in [0.15, 0.2) is 0 Å². The van der Waals surface area contributed by atoms with Gasteiger partial charge in [-0.25, -0.2) is 4.39 Å². The number of aryl methyl sites for hydroxylation is 1. The van der Waals surface area contributed by atoms with E-state index >= 15 is 0 Å². The van der Waals surface area contributed by atoms with Crippen LogP contribution in [0, 0.1) is 12.7 Å². The maximum atomic E-state index is 13.0. The molecule has 21 heavy (non-hydrogen) atoms. The van der Waals surface area contributed by atoms with E-state index in [2.05, 4.69) is 10.6 Å². The van der Waals surface area contributed by atoms with E-state index in [-0.39, 0.29) is 17.5 Å². The monoisotopic (exact) mass is 306 g/mol. The fourth-order valence-corrected chi connectivity index (χ4v) is 2.10. The molecule has 0 heterocycles. The summed E-state index contributed by atoms with van der Waals surface area (Å²) in [7, 11) is 0. The second kappa shape index (κ2) is 7.20. The molecule has 0 aromatic heterocycles. The maximum absolute atomic E-state index is 13.0. The lowest BCUT2D eigenvalue weighted by Crippen LogP contribution is -2.27. The molecule has 3 nitrogen and oxygen atoms in total. The number of benzene rings is 2. The van der Waals surface area contributed by atoms with E-state index < -0.39 is 5.82 Å². The first-order valence-electron chi connectivity index (χ1n) is 6.56. The van der Waals surface area contributed by atoms with Crippen molar-refractivity contribution in [2.24, 2.45) is 0 Å². The molecular weight excluding hydrogens is 291 g/mol. The zero-order chi connectivity index (χ0) is 15.2. The van der Waals surface area contributed by atoms with Crippen LogP contribution in [0.25, 0.3) is 0 Å².